The third-order valence-corrected chi connectivity index (χ3v) is 8.64. The van der Waals surface area contributed by atoms with Gasteiger partial charge in [-0.3, -0.25) is 14.7 Å². The van der Waals surface area contributed by atoms with Crippen molar-refractivity contribution in [3.8, 4) is 0 Å². The number of piperidine rings is 2. The predicted octanol–water partition coefficient (Wildman–Crippen LogP) is 6.64. The highest BCUT2D eigenvalue weighted by Gasteiger charge is 2.34. The van der Waals surface area contributed by atoms with E-state index >= 15 is 0 Å². The molecule has 3 heterocycles. The smallest absolute Gasteiger partial charge is 0.253 e. The first-order chi connectivity index (χ1) is 18.0. The molecule has 0 bridgehead atoms. The molecule has 3 aromatic rings. The van der Waals surface area contributed by atoms with Gasteiger partial charge < -0.3 is 4.90 Å². The van der Waals surface area contributed by atoms with Gasteiger partial charge in [-0.2, -0.15) is 0 Å². The summed E-state index contributed by atoms with van der Waals surface area (Å²) in [5.74, 6) is 0.791. The Morgan fingerprint density at radius 1 is 1.03 bits per heavy atom. The second-order valence-corrected chi connectivity index (χ2v) is 10.9. The summed E-state index contributed by atoms with van der Waals surface area (Å²) < 4.78 is 0. The Hall–Kier alpha value is -2.83. The monoisotopic (exact) mass is 536 g/mol. The number of nitrogens with zero attached hydrogens (tertiary/aromatic N) is 6. The topological polar surface area (TPSA) is 85.2 Å². The molecule has 0 aliphatic carbocycles. The molecule has 37 heavy (non-hydrogen) atoms. The molecule has 0 radical (unpaired) electrons. The number of pyridine rings is 1. The van der Waals surface area contributed by atoms with Crippen molar-refractivity contribution >= 4 is 40.0 Å². The number of hydrogen-bond acceptors (Lipinski definition) is 4. The molecule has 5 rings (SSSR count). The van der Waals surface area contributed by atoms with E-state index in [1.54, 1.807) is 6.20 Å². The number of rotatable bonds is 6. The fraction of sp³-hybridized carbons (Fsp3) is 0.429. The van der Waals surface area contributed by atoms with E-state index in [0.29, 0.717) is 28.5 Å². The number of benzene rings is 2. The van der Waals surface area contributed by atoms with Crippen molar-refractivity contribution in [1.82, 2.24) is 14.8 Å². The van der Waals surface area contributed by atoms with Crippen LogP contribution in [0.3, 0.4) is 0 Å². The van der Waals surface area contributed by atoms with E-state index in [9.17, 15) is 4.79 Å². The zero-order chi connectivity index (χ0) is 25.8. The van der Waals surface area contributed by atoms with Crippen molar-refractivity contribution in [3.63, 3.8) is 0 Å². The second kappa shape index (κ2) is 11.7. The maximum absolute atomic E-state index is 13.2. The van der Waals surface area contributed by atoms with E-state index in [-0.39, 0.29) is 11.8 Å². The van der Waals surface area contributed by atoms with E-state index in [0.717, 1.165) is 73.9 Å². The molecule has 0 unspecified atom stereocenters. The Morgan fingerprint density at radius 3 is 2.65 bits per heavy atom. The van der Waals surface area contributed by atoms with Gasteiger partial charge in [0.15, 0.2) is 0 Å². The van der Waals surface area contributed by atoms with Crippen LogP contribution in [-0.2, 0) is 6.42 Å². The second-order valence-electron chi connectivity index (χ2n) is 10.1. The normalized spacial score (nSPS) is 21.1. The van der Waals surface area contributed by atoms with Gasteiger partial charge in [-0.15, -0.1) is 0 Å². The van der Waals surface area contributed by atoms with Crippen LogP contribution in [0.2, 0.25) is 10.0 Å². The van der Waals surface area contributed by atoms with Gasteiger partial charge >= 0.3 is 0 Å². The van der Waals surface area contributed by atoms with Crippen LogP contribution >= 0.6 is 23.2 Å². The molecule has 2 aliphatic heterocycles. The maximum Gasteiger partial charge on any atom is 0.253 e. The number of carbonyl (C=O) groups is 1. The van der Waals surface area contributed by atoms with E-state index in [1.807, 2.05) is 53.4 Å². The maximum atomic E-state index is 13.2. The highest BCUT2D eigenvalue weighted by Crippen LogP contribution is 2.32. The third kappa shape index (κ3) is 6.02. The SMILES string of the molecule is [N-]=[N+]=NC[C@@H]1CN(C2CCN(C(=O)c3ccc4ncccc4c3)CC2)CC[C@@H]1Cc1ccc(Cl)c(Cl)c1. The molecule has 0 N–H and O–H groups in total. The number of carbonyl (C=O) groups excluding carboxylic acids is 1. The van der Waals surface area contributed by atoms with Crippen LogP contribution in [0.4, 0.5) is 0 Å². The standard InChI is InChI=1S/C28H30Cl2N6O/c29-25-5-3-19(15-26(25)30)14-20-7-11-36(18-23(20)17-33-34-31)24-8-12-35(13-9-24)28(37)22-4-6-27-21(16-22)2-1-10-32-27/h1-6,10,15-16,20,23-24H,7-9,11-14,17-18H2/t20-,23-/m1/s1. The van der Waals surface area contributed by atoms with Gasteiger partial charge in [0.2, 0.25) is 0 Å². The molecule has 0 spiro atoms. The van der Waals surface area contributed by atoms with Crippen LogP contribution in [0.25, 0.3) is 21.3 Å². The average Bonchev–Trinajstić information content (AvgIpc) is 2.94. The fourth-order valence-electron chi connectivity index (χ4n) is 5.85. The zero-order valence-electron chi connectivity index (χ0n) is 20.6. The molecule has 2 aliphatic rings. The number of hydrogen-bond donors (Lipinski definition) is 0. The summed E-state index contributed by atoms with van der Waals surface area (Å²) >= 11 is 12.3. The molecule has 1 amide bonds. The molecule has 2 saturated heterocycles. The van der Waals surface area contributed by atoms with Crippen molar-refractivity contribution in [2.24, 2.45) is 17.0 Å². The van der Waals surface area contributed by atoms with Gasteiger partial charge in [-0.1, -0.05) is 40.4 Å². The molecular weight excluding hydrogens is 507 g/mol. The third-order valence-electron chi connectivity index (χ3n) is 7.90. The Kier molecular flexibility index (Phi) is 8.16. The van der Waals surface area contributed by atoms with Crippen LogP contribution in [0.5, 0.6) is 0 Å². The molecule has 2 aromatic carbocycles. The predicted molar refractivity (Wildman–Crippen MR) is 148 cm³/mol. The summed E-state index contributed by atoms with van der Waals surface area (Å²) in [7, 11) is 0. The van der Waals surface area contributed by atoms with E-state index in [4.69, 9.17) is 28.7 Å². The number of amides is 1. The Labute approximate surface area is 227 Å². The minimum Gasteiger partial charge on any atom is -0.339 e. The number of azide groups is 1. The first kappa shape index (κ1) is 25.8. The Morgan fingerprint density at radius 2 is 1.86 bits per heavy atom. The quantitative estimate of drug-likeness (QED) is 0.201. The minimum absolute atomic E-state index is 0.0887. The Bertz CT molecular complexity index is 1320. The van der Waals surface area contributed by atoms with Gasteiger partial charge in [0.05, 0.1) is 15.6 Å². The Balaban J connectivity index is 1.19. The summed E-state index contributed by atoms with van der Waals surface area (Å²) in [4.78, 5) is 25.1. The largest absolute Gasteiger partial charge is 0.339 e. The van der Waals surface area contributed by atoms with Gasteiger partial charge in [0.25, 0.3) is 5.91 Å². The molecule has 2 fully saturated rings. The van der Waals surface area contributed by atoms with Crippen LogP contribution in [0.1, 0.15) is 35.2 Å². The van der Waals surface area contributed by atoms with Crippen molar-refractivity contribution < 1.29 is 4.79 Å². The van der Waals surface area contributed by atoms with Crippen LogP contribution in [0, 0.1) is 11.8 Å². The van der Waals surface area contributed by atoms with Crippen molar-refractivity contribution in [3.05, 3.63) is 86.3 Å². The number of likely N-dealkylation sites (tertiary alicyclic amines) is 2. The van der Waals surface area contributed by atoms with Gasteiger partial charge in [-0.05, 0) is 91.6 Å². The number of halogens is 2. The summed E-state index contributed by atoms with van der Waals surface area (Å²) in [6.07, 6.45) is 5.60. The minimum atomic E-state index is 0.0887. The molecule has 0 saturated carbocycles. The molecular formula is C28H30Cl2N6O. The van der Waals surface area contributed by atoms with E-state index in [2.05, 4.69) is 19.9 Å². The lowest BCUT2D eigenvalue weighted by Crippen LogP contribution is -2.51. The molecule has 1 aromatic heterocycles. The molecule has 2 atom stereocenters. The van der Waals surface area contributed by atoms with Crippen molar-refractivity contribution in [2.75, 3.05) is 32.7 Å². The molecule has 192 valence electrons. The molecule has 9 heteroatoms. The number of aromatic nitrogens is 1. The fourth-order valence-corrected chi connectivity index (χ4v) is 6.17. The lowest BCUT2D eigenvalue weighted by Gasteiger charge is -2.45. The first-order valence-corrected chi connectivity index (χ1v) is 13.6. The summed E-state index contributed by atoms with van der Waals surface area (Å²) in [5, 5.41) is 6.06. The first-order valence-electron chi connectivity index (χ1n) is 12.8. The highest BCUT2D eigenvalue weighted by atomic mass is 35.5. The highest BCUT2D eigenvalue weighted by molar-refractivity contribution is 6.42. The summed E-state index contributed by atoms with van der Waals surface area (Å²) in [6, 6.07) is 15.9. The van der Waals surface area contributed by atoms with Crippen molar-refractivity contribution in [1.29, 1.82) is 0 Å². The number of fused-ring (bicyclic) bond motifs is 1. The van der Waals surface area contributed by atoms with Gasteiger partial charge in [-0.25, -0.2) is 0 Å². The van der Waals surface area contributed by atoms with Crippen LogP contribution < -0.4 is 0 Å². The van der Waals surface area contributed by atoms with E-state index < -0.39 is 0 Å². The summed E-state index contributed by atoms with van der Waals surface area (Å²) in [6.45, 7) is 3.90. The lowest BCUT2D eigenvalue weighted by atomic mass is 9.80. The van der Waals surface area contributed by atoms with Crippen LogP contribution in [-0.4, -0.2) is 59.5 Å². The molecule has 7 nitrogen and oxygen atoms in total. The average molecular weight is 537 g/mol. The van der Waals surface area contributed by atoms with Gasteiger partial charge in [0, 0.05) is 54.3 Å². The zero-order valence-corrected chi connectivity index (χ0v) is 22.2. The van der Waals surface area contributed by atoms with Gasteiger partial charge in [0.1, 0.15) is 0 Å². The van der Waals surface area contributed by atoms with Crippen molar-refractivity contribution in [2.45, 2.75) is 31.7 Å². The van der Waals surface area contributed by atoms with Crippen LogP contribution in [0.15, 0.2) is 59.8 Å². The van der Waals surface area contributed by atoms with E-state index in [1.165, 1.54) is 0 Å². The lowest BCUT2D eigenvalue weighted by molar-refractivity contribution is 0.0419. The summed E-state index contributed by atoms with van der Waals surface area (Å²) in [5.41, 5.74) is 11.7.